The fraction of sp³-hybridized carbons (Fsp3) is 0.400. The van der Waals surface area contributed by atoms with Crippen molar-refractivity contribution in [1.82, 2.24) is 0 Å². The van der Waals surface area contributed by atoms with E-state index in [-0.39, 0.29) is 0 Å². The summed E-state index contributed by atoms with van der Waals surface area (Å²) in [6, 6.07) is 4.08. The number of fused-ring (bicyclic) bond motifs is 1. The summed E-state index contributed by atoms with van der Waals surface area (Å²) in [4.78, 5) is 0. The molecule has 0 spiro atoms. The first-order valence-corrected chi connectivity index (χ1v) is 6.62. The van der Waals surface area contributed by atoms with Crippen LogP contribution in [-0.2, 0) is 10.7 Å². The van der Waals surface area contributed by atoms with Crippen molar-refractivity contribution in [2.75, 3.05) is 13.2 Å². The van der Waals surface area contributed by atoms with Gasteiger partial charge in [-0.3, -0.25) is 0 Å². The van der Waals surface area contributed by atoms with Crippen molar-refractivity contribution in [3.8, 4) is 11.5 Å². The zero-order chi connectivity index (χ0) is 9.97. The van der Waals surface area contributed by atoms with Gasteiger partial charge in [0, 0.05) is 10.7 Å². The first-order valence-electron chi connectivity index (χ1n) is 4.38. The molecule has 2 rings (SSSR count). The first-order chi connectivity index (χ1) is 6.85. The normalized spacial score (nSPS) is 14.1. The van der Waals surface area contributed by atoms with Crippen molar-refractivity contribution in [3.63, 3.8) is 0 Å². The Bertz CT molecular complexity index is 295. The van der Waals surface area contributed by atoms with Gasteiger partial charge in [0.2, 0.25) is 0 Å². The van der Waals surface area contributed by atoms with Crippen LogP contribution in [0.3, 0.4) is 0 Å². The molecule has 1 aliphatic rings. The Morgan fingerprint density at radius 1 is 0.929 bits per heavy atom. The Labute approximate surface area is 99.8 Å². The van der Waals surface area contributed by atoms with Crippen LogP contribution in [0.5, 0.6) is 11.5 Å². The van der Waals surface area contributed by atoms with E-state index < -0.39 is 0 Å². The zero-order valence-electron chi connectivity index (χ0n) is 7.56. The van der Waals surface area contributed by atoms with Crippen molar-refractivity contribution in [2.45, 2.75) is 10.7 Å². The molecule has 0 bridgehead atoms. The molecule has 0 amide bonds. The molecule has 0 N–H and O–H groups in total. The maximum Gasteiger partial charge on any atom is 0.161 e. The molecule has 4 heteroatoms. The average molecular weight is 322 g/mol. The lowest BCUT2D eigenvalue weighted by atomic mass is 10.1. The summed E-state index contributed by atoms with van der Waals surface area (Å²) >= 11 is 6.92. The van der Waals surface area contributed by atoms with Gasteiger partial charge < -0.3 is 9.47 Å². The summed E-state index contributed by atoms with van der Waals surface area (Å²) in [5, 5.41) is 1.68. The molecule has 0 unspecified atom stereocenters. The summed E-state index contributed by atoms with van der Waals surface area (Å²) in [6.45, 7) is 1.28. The SMILES string of the molecule is BrCc1cc2c(cc1CBr)OCCO2. The maximum absolute atomic E-state index is 5.50. The molecule has 76 valence electrons. The van der Waals surface area contributed by atoms with E-state index in [2.05, 4.69) is 31.9 Å². The Morgan fingerprint density at radius 2 is 1.36 bits per heavy atom. The van der Waals surface area contributed by atoms with E-state index in [1.807, 2.05) is 12.1 Å². The van der Waals surface area contributed by atoms with Crippen molar-refractivity contribution in [1.29, 1.82) is 0 Å². The van der Waals surface area contributed by atoms with Gasteiger partial charge in [-0.25, -0.2) is 0 Å². The van der Waals surface area contributed by atoms with Crippen molar-refractivity contribution >= 4 is 31.9 Å². The predicted octanol–water partition coefficient (Wildman–Crippen LogP) is 3.25. The maximum atomic E-state index is 5.50. The summed E-state index contributed by atoms with van der Waals surface area (Å²) < 4.78 is 11.0. The van der Waals surface area contributed by atoms with E-state index in [4.69, 9.17) is 9.47 Å². The third-order valence-electron chi connectivity index (χ3n) is 2.15. The molecule has 0 atom stereocenters. The quantitative estimate of drug-likeness (QED) is 0.778. The lowest BCUT2D eigenvalue weighted by Gasteiger charge is -2.20. The number of rotatable bonds is 2. The standard InChI is InChI=1S/C10H10Br2O2/c11-5-7-3-9-10(4-8(7)6-12)14-2-1-13-9/h3-4H,1-2,5-6H2. The molecular weight excluding hydrogens is 312 g/mol. The van der Waals surface area contributed by atoms with Crippen LogP contribution in [0.4, 0.5) is 0 Å². The van der Waals surface area contributed by atoms with Crippen LogP contribution in [-0.4, -0.2) is 13.2 Å². The van der Waals surface area contributed by atoms with Gasteiger partial charge in [0.1, 0.15) is 13.2 Å². The number of alkyl halides is 2. The number of hydrogen-bond donors (Lipinski definition) is 0. The van der Waals surface area contributed by atoms with Crippen LogP contribution in [0.2, 0.25) is 0 Å². The molecular formula is C10H10Br2O2. The van der Waals surface area contributed by atoms with E-state index in [1.165, 1.54) is 11.1 Å². The van der Waals surface area contributed by atoms with E-state index in [9.17, 15) is 0 Å². The fourth-order valence-electron chi connectivity index (χ4n) is 1.42. The van der Waals surface area contributed by atoms with E-state index >= 15 is 0 Å². The molecule has 1 aliphatic heterocycles. The third-order valence-corrected chi connectivity index (χ3v) is 3.36. The highest BCUT2D eigenvalue weighted by Gasteiger charge is 2.14. The van der Waals surface area contributed by atoms with Gasteiger partial charge in [-0.05, 0) is 23.3 Å². The number of hydrogen-bond acceptors (Lipinski definition) is 2. The number of ether oxygens (including phenoxy) is 2. The molecule has 1 heterocycles. The second-order valence-electron chi connectivity index (χ2n) is 3.03. The van der Waals surface area contributed by atoms with Crippen LogP contribution in [0.15, 0.2) is 12.1 Å². The van der Waals surface area contributed by atoms with E-state index in [0.29, 0.717) is 13.2 Å². The van der Waals surface area contributed by atoms with Crippen molar-refractivity contribution in [2.24, 2.45) is 0 Å². The molecule has 0 radical (unpaired) electrons. The van der Waals surface area contributed by atoms with Gasteiger partial charge in [0.05, 0.1) is 0 Å². The summed E-state index contributed by atoms with van der Waals surface area (Å²) in [7, 11) is 0. The Hall–Kier alpha value is -0.220. The molecule has 14 heavy (non-hydrogen) atoms. The monoisotopic (exact) mass is 320 g/mol. The minimum Gasteiger partial charge on any atom is -0.486 e. The zero-order valence-corrected chi connectivity index (χ0v) is 10.7. The third kappa shape index (κ3) is 1.91. The molecule has 2 nitrogen and oxygen atoms in total. The smallest absolute Gasteiger partial charge is 0.161 e. The van der Waals surface area contributed by atoms with Gasteiger partial charge in [0.25, 0.3) is 0 Å². The number of halogens is 2. The second-order valence-corrected chi connectivity index (χ2v) is 4.15. The Balaban J connectivity index is 2.43. The van der Waals surface area contributed by atoms with Crippen LogP contribution >= 0.6 is 31.9 Å². The largest absolute Gasteiger partial charge is 0.486 e. The average Bonchev–Trinajstić information content (AvgIpc) is 2.27. The minimum absolute atomic E-state index is 0.641. The highest BCUT2D eigenvalue weighted by atomic mass is 79.9. The lowest BCUT2D eigenvalue weighted by Crippen LogP contribution is -2.15. The molecule has 0 aromatic heterocycles. The highest BCUT2D eigenvalue weighted by Crippen LogP contribution is 2.34. The first kappa shape index (κ1) is 10.3. The lowest BCUT2D eigenvalue weighted by molar-refractivity contribution is 0.171. The Morgan fingerprint density at radius 3 is 1.71 bits per heavy atom. The second kappa shape index (κ2) is 4.53. The molecule has 0 fully saturated rings. The molecule has 0 saturated heterocycles. The minimum atomic E-state index is 0.641. The van der Waals surface area contributed by atoms with Crippen molar-refractivity contribution < 1.29 is 9.47 Å². The van der Waals surface area contributed by atoms with Crippen LogP contribution < -0.4 is 9.47 Å². The van der Waals surface area contributed by atoms with Gasteiger partial charge in [-0.2, -0.15) is 0 Å². The predicted molar refractivity (Wildman–Crippen MR) is 62.7 cm³/mol. The molecule has 0 aliphatic carbocycles. The summed E-state index contributed by atoms with van der Waals surface area (Å²) in [6.07, 6.45) is 0. The summed E-state index contributed by atoms with van der Waals surface area (Å²) in [5.41, 5.74) is 2.48. The number of benzene rings is 1. The Kier molecular flexibility index (Phi) is 3.34. The van der Waals surface area contributed by atoms with Gasteiger partial charge >= 0.3 is 0 Å². The van der Waals surface area contributed by atoms with Gasteiger partial charge in [0.15, 0.2) is 11.5 Å². The van der Waals surface area contributed by atoms with E-state index in [1.54, 1.807) is 0 Å². The molecule has 1 aromatic carbocycles. The molecule has 0 saturated carbocycles. The topological polar surface area (TPSA) is 18.5 Å². The van der Waals surface area contributed by atoms with E-state index in [0.717, 1.165) is 22.2 Å². The summed E-state index contributed by atoms with van der Waals surface area (Å²) in [5.74, 6) is 1.71. The fourth-order valence-corrected chi connectivity index (χ4v) is 2.47. The van der Waals surface area contributed by atoms with Crippen LogP contribution in [0.1, 0.15) is 11.1 Å². The van der Waals surface area contributed by atoms with Crippen LogP contribution in [0.25, 0.3) is 0 Å². The highest BCUT2D eigenvalue weighted by molar-refractivity contribution is 9.09. The van der Waals surface area contributed by atoms with Gasteiger partial charge in [-0.1, -0.05) is 31.9 Å². The van der Waals surface area contributed by atoms with Crippen molar-refractivity contribution in [3.05, 3.63) is 23.3 Å². The molecule has 1 aromatic rings. The van der Waals surface area contributed by atoms with Gasteiger partial charge in [-0.15, -0.1) is 0 Å². The van der Waals surface area contributed by atoms with Crippen LogP contribution in [0, 0.1) is 0 Å².